The Bertz CT molecular complexity index is 1270. The maximum atomic E-state index is 13.1. The Labute approximate surface area is 154 Å². The lowest BCUT2D eigenvalue weighted by molar-refractivity contribution is 0.0969. The molecule has 0 aliphatic heterocycles. The van der Waals surface area contributed by atoms with Gasteiger partial charge in [-0.25, -0.2) is 0 Å². The second-order valence-electron chi connectivity index (χ2n) is 6.41. The zero-order valence-corrected chi connectivity index (χ0v) is 14.7. The van der Waals surface area contributed by atoms with Crippen molar-refractivity contribution in [2.45, 2.75) is 6.54 Å². The van der Waals surface area contributed by atoms with Gasteiger partial charge in [0.1, 0.15) is 5.69 Å². The summed E-state index contributed by atoms with van der Waals surface area (Å²) in [4.78, 5) is 37.6. The predicted molar refractivity (Wildman–Crippen MR) is 104 cm³/mol. The number of benzene rings is 2. The molecule has 6 nitrogen and oxygen atoms in total. The number of carbonyl (C=O) groups is 2. The number of nitrogens with zero attached hydrogens (tertiary/aromatic N) is 2. The quantitative estimate of drug-likeness (QED) is 0.568. The fourth-order valence-corrected chi connectivity index (χ4v) is 3.51. The van der Waals surface area contributed by atoms with E-state index in [1.54, 1.807) is 41.9 Å². The Kier molecular flexibility index (Phi) is 3.88. The van der Waals surface area contributed by atoms with Crippen LogP contribution in [0.15, 0.2) is 65.5 Å². The SMILES string of the molecule is Cn1c(C(N)=O)cc2c(=O)n(CC(=O)c3ccccc3)c3ccccc3c21. The molecule has 0 radical (unpaired) electrons. The van der Waals surface area contributed by atoms with Gasteiger partial charge in [0.2, 0.25) is 0 Å². The average molecular weight is 359 g/mol. The van der Waals surface area contributed by atoms with E-state index in [1.807, 2.05) is 24.3 Å². The molecule has 0 saturated carbocycles. The van der Waals surface area contributed by atoms with Crippen molar-refractivity contribution in [3.63, 3.8) is 0 Å². The number of aromatic nitrogens is 2. The van der Waals surface area contributed by atoms with Gasteiger partial charge in [0, 0.05) is 18.0 Å². The van der Waals surface area contributed by atoms with Crippen molar-refractivity contribution in [3.8, 4) is 0 Å². The molecule has 0 aliphatic rings. The Balaban J connectivity index is 2.00. The first-order chi connectivity index (χ1) is 13.0. The number of carbonyl (C=O) groups excluding carboxylic acids is 2. The maximum absolute atomic E-state index is 13.1. The Morgan fingerprint density at radius 1 is 0.963 bits per heavy atom. The number of ketones is 1. The summed E-state index contributed by atoms with van der Waals surface area (Å²) in [5.74, 6) is -0.766. The second kappa shape index (κ2) is 6.25. The summed E-state index contributed by atoms with van der Waals surface area (Å²) < 4.78 is 3.09. The highest BCUT2D eigenvalue weighted by molar-refractivity contribution is 6.08. The van der Waals surface area contributed by atoms with Gasteiger partial charge in [-0.15, -0.1) is 0 Å². The number of Topliss-reactive ketones (excluding diaryl/α,β-unsaturated/α-hetero) is 1. The number of aryl methyl sites for hydroxylation is 1. The van der Waals surface area contributed by atoms with Crippen molar-refractivity contribution in [1.82, 2.24) is 9.13 Å². The second-order valence-corrected chi connectivity index (χ2v) is 6.41. The minimum Gasteiger partial charge on any atom is -0.364 e. The Hall–Kier alpha value is -3.67. The molecule has 0 spiro atoms. The van der Waals surface area contributed by atoms with Crippen LogP contribution < -0.4 is 11.3 Å². The van der Waals surface area contributed by atoms with Crippen LogP contribution in [0.2, 0.25) is 0 Å². The van der Waals surface area contributed by atoms with Gasteiger partial charge >= 0.3 is 0 Å². The largest absolute Gasteiger partial charge is 0.364 e. The lowest BCUT2D eigenvalue weighted by atomic mass is 10.1. The van der Waals surface area contributed by atoms with Gasteiger partial charge in [-0.1, -0.05) is 48.5 Å². The first kappa shape index (κ1) is 16.8. The van der Waals surface area contributed by atoms with Crippen LogP contribution in [0.1, 0.15) is 20.8 Å². The van der Waals surface area contributed by atoms with Crippen LogP contribution in [0.25, 0.3) is 21.8 Å². The molecule has 0 atom stereocenters. The average Bonchev–Trinajstić information content (AvgIpc) is 3.03. The number of amides is 1. The molecule has 2 heterocycles. The van der Waals surface area contributed by atoms with Crippen LogP contribution in [0, 0.1) is 0 Å². The van der Waals surface area contributed by atoms with E-state index < -0.39 is 5.91 Å². The third-order valence-electron chi connectivity index (χ3n) is 4.81. The molecule has 134 valence electrons. The molecular formula is C21H17N3O3. The molecule has 0 aliphatic carbocycles. The number of nitrogens with two attached hydrogens (primary N) is 1. The minimum atomic E-state index is -0.607. The molecule has 0 bridgehead atoms. The van der Waals surface area contributed by atoms with Gasteiger partial charge < -0.3 is 10.3 Å². The van der Waals surface area contributed by atoms with Crippen LogP contribution in [0.4, 0.5) is 0 Å². The van der Waals surface area contributed by atoms with Crippen LogP contribution in [0.5, 0.6) is 0 Å². The molecule has 2 aromatic carbocycles. The van der Waals surface area contributed by atoms with E-state index in [4.69, 9.17) is 5.73 Å². The fraction of sp³-hybridized carbons (Fsp3) is 0.0952. The van der Waals surface area contributed by atoms with E-state index in [2.05, 4.69) is 0 Å². The number of pyridine rings is 1. The lowest BCUT2D eigenvalue weighted by Gasteiger charge is -2.12. The zero-order chi connectivity index (χ0) is 19.1. The summed E-state index contributed by atoms with van der Waals surface area (Å²) in [7, 11) is 1.70. The van der Waals surface area contributed by atoms with Gasteiger partial charge in [0.05, 0.1) is 23.0 Å². The maximum Gasteiger partial charge on any atom is 0.265 e. The number of hydrogen-bond acceptors (Lipinski definition) is 3. The van der Waals surface area contributed by atoms with Crippen LogP contribution in [-0.4, -0.2) is 20.8 Å². The zero-order valence-electron chi connectivity index (χ0n) is 14.7. The summed E-state index contributed by atoms with van der Waals surface area (Å²) in [5.41, 5.74) is 7.18. The summed E-state index contributed by atoms with van der Waals surface area (Å²) in [6.07, 6.45) is 0. The van der Waals surface area contributed by atoms with E-state index in [0.717, 1.165) is 5.39 Å². The molecule has 4 aromatic rings. The lowest BCUT2D eigenvalue weighted by Crippen LogP contribution is -2.25. The van der Waals surface area contributed by atoms with E-state index >= 15 is 0 Å². The van der Waals surface area contributed by atoms with Gasteiger partial charge in [0.25, 0.3) is 11.5 Å². The molecule has 6 heteroatoms. The van der Waals surface area contributed by atoms with E-state index in [0.29, 0.717) is 22.0 Å². The number of hydrogen-bond donors (Lipinski definition) is 1. The van der Waals surface area contributed by atoms with Crippen molar-refractivity contribution < 1.29 is 9.59 Å². The van der Waals surface area contributed by atoms with E-state index in [9.17, 15) is 14.4 Å². The van der Waals surface area contributed by atoms with Crippen molar-refractivity contribution >= 4 is 33.5 Å². The standard InChI is InChI=1S/C21H17N3O3/c1-23-17(20(22)26)11-15-19(23)14-9-5-6-10-16(14)24(21(15)27)12-18(25)13-7-3-2-4-8-13/h2-11H,12H2,1H3,(H2,22,26). The first-order valence-corrected chi connectivity index (χ1v) is 8.48. The molecule has 0 saturated heterocycles. The van der Waals surface area contributed by atoms with Gasteiger partial charge in [-0.2, -0.15) is 0 Å². The Morgan fingerprint density at radius 2 is 1.63 bits per heavy atom. The molecule has 27 heavy (non-hydrogen) atoms. The predicted octanol–water partition coefficient (Wildman–Crippen LogP) is 2.47. The molecule has 0 fully saturated rings. The van der Waals surface area contributed by atoms with E-state index in [1.165, 1.54) is 10.6 Å². The van der Waals surface area contributed by atoms with Gasteiger partial charge in [-0.3, -0.25) is 19.0 Å². The highest BCUT2D eigenvalue weighted by atomic mass is 16.1. The highest BCUT2D eigenvalue weighted by Gasteiger charge is 2.19. The number of para-hydroxylation sites is 1. The molecule has 1 amide bonds. The topological polar surface area (TPSA) is 87.1 Å². The Morgan fingerprint density at radius 3 is 2.33 bits per heavy atom. The van der Waals surface area contributed by atoms with Crippen molar-refractivity contribution in [2.24, 2.45) is 12.8 Å². The molecule has 0 unspecified atom stereocenters. The molecule has 2 N–H and O–H groups in total. The summed E-state index contributed by atoms with van der Waals surface area (Å²) in [5, 5.41) is 1.15. The van der Waals surface area contributed by atoms with Crippen LogP contribution >= 0.6 is 0 Å². The van der Waals surface area contributed by atoms with Crippen LogP contribution in [-0.2, 0) is 13.6 Å². The first-order valence-electron chi connectivity index (χ1n) is 8.48. The van der Waals surface area contributed by atoms with Gasteiger partial charge in [0.15, 0.2) is 5.78 Å². The van der Waals surface area contributed by atoms with Crippen LogP contribution in [0.3, 0.4) is 0 Å². The third kappa shape index (κ3) is 2.62. The smallest absolute Gasteiger partial charge is 0.265 e. The number of fused-ring (bicyclic) bond motifs is 3. The normalized spacial score (nSPS) is 11.1. The summed E-state index contributed by atoms with van der Waals surface area (Å²) in [6.45, 7) is -0.0832. The summed E-state index contributed by atoms with van der Waals surface area (Å²) >= 11 is 0. The molecule has 4 rings (SSSR count). The minimum absolute atomic E-state index is 0.0832. The number of rotatable bonds is 4. The third-order valence-corrected chi connectivity index (χ3v) is 4.81. The van der Waals surface area contributed by atoms with Crippen molar-refractivity contribution in [1.29, 1.82) is 0 Å². The molecular weight excluding hydrogens is 342 g/mol. The van der Waals surface area contributed by atoms with Gasteiger partial charge in [-0.05, 0) is 12.1 Å². The highest BCUT2D eigenvalue weighted by Crippen LogP contribution is 2.25. The van der Waals surface area contributed by atoms with E-state index in [-0.39, 0.29) is 23.6 Å². The monoisotopic (exact) mass is 359 g/mol. The summed E-state index contributed by atoms with van der Waals surface area (Å²) in [6, 6.07) is 17.7. The number of primary amides is 1. The fourth-order valence-electron chi connectivity index (χ4n) is 3.51. The van der Waals surface area contributed by atoms with Crippen molar-refractivity contribution in [3.05, 3.63) is 82.3 Å². The van der Waals surface area contributed by atoms with Crippen molar-refractivity contribution in [2.75, 3.05) is 0 Å². The molecule has 2 aromatic heterocycles.